The molecule has 0 radical (unpaired) electrons. The van der Waals surface area contributed by atoms with E-state index in [4.69, 9.17) is 5.73 Å². The molecule has 3 heteroatoms. The molecule has 98 valence electrons. The van der Waals surface area contributed by atoms with E-state index in [1.54, 1.807) is 0 Å². The van der Waals surface area contributed by atoms with Crippen molar-refractivity contribution >= 4 is 0 Å². The van der Waals surface area contributed by atoms with Crippen molar-refractivity contribution in [2.75, 3.05) is 13.1 Å². The molecule has 3 rings (SSSR count). The summed E-state index contributed by atoms with van der Waals surface area (Å²) in [5.74, 6) is 0.607. The molecule has 1 aliphatic carbocycles. The first-order chi connectivity index (χ1) is 8.90. The number of nitrogens with two attached hydrogens (primary N) is 1. The molecule has 18 heavy (non-hydrogen) atoms. The van der Waals surface area contributed by atoms with E-state index >= 15 is 0 Å². The van der Waals surface area contributed by atoms with E-state index in [0.29, 0.717) is 12.0 Å². The largest absolute Gasteiger partial charge is 0.330 e. The van der Waals surface area contributed by atoms with Gasteiger partial charge in [-0.05, 0) is 62.4 Å². The molecular weight excluding hydrogens is 222 g/mol. The van der Waals surface area contributed by atoms with Crippen LogP contribution in [0.5, 0.6) is 0 Å². The number of hydrogen-bond donors (Lipinski definition) is 1. The lowest BCUT2D eigenvalue weighted by atomic mass is 9.89. The van der Waals surface area contributed by atoms with Crippen molar-refractivity contribution in [3.63, 3.8) is 0 Å². The first-order valence-electron chi connectivity index (χ1n) is 7.26. The average molecular weight is 245 g/mol. The van der Waals surface area contributed by atoms with Gasteiger partial charge in [-0.2, -0.15) is 0 Å². The van der Waals surface area contributed by atoms with Gasteiger partial charge in [0.15, 0.2) is 0 Å². The lowest BCUT2D eigenvalue weighted by Gasteiger charge is -2.35. The number of hydrogen-bond acceptors (Lipinski definition) is 3. The van der Waals surface area contributed by atoms with E-state index in [-0.39, 0.29) is 0 Å². The van der Waals surface area contributed by atoms with Crippen LogP contribution in [0, 0.1) is 5.92 Å². The Balaban J connectivity index is 1.91. The van der Waals surface area contributed by atoms with Crippen molar-refractivity contribution in [1.29, 1.82) is 0 Å². The highest BCUT2D eigenvalue weighted by molar-refractivity contribution is 5.18. The second-order valence-corrected chi connectivity index (χ2v) is 5.69. The maximum absolute atomic E-state index is 6.04. The Kier molecular flexibility index (Phi) is 3.62. The molecule has 3 nitrogen and oxygen atoms in total. The van der Waals surface area contributed by atoms with E-state index in [0.717, 1.165) is 12.6 Å². The monoisotopic (exact) mass is 245 g/mol. The third-order valence-electron chi connectivity index (χ3n) is 4.41. The van der Waals surface area contributed by atoms with Crippen LogP contribution >= 0.6 is 0 Å². The minimum Gasteiger partial charge on any atom is -0.330 e. The fourth-order valence-electron chi connectivity index (χ4n) is 3.36. The van der Waals surface area contributed by atoms with Crippen LogP contribution in [0.2, 0.25) is 0 Å². The van der Waals surface area contributed by atoms with Gasteiger partial charge in [-0.25, -0.2) is 0 Å². The van der Waals surface area contributed by atoms with Crippen LogP contribution in [-0.2, 0) is 0 Å². The maximum Gasteiger partial charge on any atom is 0.0392 e. The van der Waals surface area contributed by atoms with Crippen LogP contribution in [0.15, 0.2) is 24.5 Å². The van der Waals surface area contributed by atoms with Crippen LogP contribution in [0.4, 0.5) is 0 Å². The van der Waals surface area contributed by atoms with Gasteiger partial charge in [-0.15, -0.1) is 0 Å². The van der Waals surface area contributed by atoms with Crippen molar-refractivity contribution in [1.82, 2.24) is 9.88 Å². The molecule has 2 unspecified atom stereocenters. The number of nitrogens with zero attached hydrogens (tertiary/aromatic N) is 2. The zero-order valence-electron chi connectivity index (χ0n) is 11.0. The fraction of sp³-hybridized carbons (Fsp3) is 0.667. The summed E-state index contributed by atoms with van der Waals surface area (Å²) in [5, 5.41) is 0. The maximum atomic E-state index is 6.04. The van der Waals surface area contributed by atoms with Crippen LogP contribution in [0.1, 0.15) is 43.7 Å². The van der Waals surface area contributed by atoms with Gasteiger partial charge in [-0.1, -0.05) is 6.42 Å². The number of rotatable bonds is 3. The van der Waals surface area contributed by atoms with E-state index < -0.39 is 0 Å². The summed E-state index contributed by atoms with van der Waals surface area (Å²) in [5.41, 5.74) is 7.45. The molecular formula is C15H23N3. The van der Waals surface area contributed by atoms with Gasteiger partial charge in [0.1, 0.15) is 0 Å². The third-order valence-corrected chi connectivity index (χ3v) is 4.41. The van der Waals surface area contributed by atoms with Crippen molar-refractivity contribution in [2.45, 2.75) is 44.2 Å². The van der Waals surface area contributed by atoms with E-state index in [9.17, 15) is 0 Å². The molecule has 1 saturated carbocycles. The van der Waals surface area contributed by atoms with Crippen molar-refractivity contribution in [2.24, 2.45) is 11.7 Å². The van der Waals surface area contributed by atoms with Gasteiger partial charge < -0.3 is 5.73 Å². The van der Waals surface area contributed by atoms with Crippen molar-refractivity contribution in [3.05, 3.63) is 30.1 Å². The van der Waals surface area contributed by atoms with Crippen LogP contribution in [0.25, 0.3) is 0 Å². The standard InChI is InChI=1S/C15H23N3/c16-11-13-3-1-2-10-18(14-4-5-14)15(13)12-6-8-17-9-7-12/h6-9,13-15H,1-5,10-11,16H2. The van der Waals surface area contributed by atoms with E-state index in [1.165, 1.54) is 44.2 Å². The van der Waals surface area contributed by atoms with Crippen LogP contribution in [0.3, 0.4) is 0 Å². The third kappa shape index (κ3) is 2.43. The van der Waals surface area contributed by atoms with E-state index in [1.807, 2.05) is 12.4 Å². The summed E-state index contributed by atoms with van der Waals surface area (Å²) in [6, 6.07) is 5.69. The summed E-state index contributed by atoms with van der Waals surface area (Å²) >= 11 is 0. The van der Waals surface area contributed by atoms with Gasteiger partial charge in [0.05, 0.1) is 0 Å². The van der Waals surface area contributed by atoms with Crippen LogP contribution in [-0.4, -0.2) is 29.0 Å². The van der Waals surface area contributed by atoms with Gasteiger partial charge in [0, 0.05) is 24.5 Å². The first kappa shape index (κ1) is 12.1. The summed E-state index contributed by atoms with van der Waals surface area (Å²) < 4.78 is 0. The van der Waals surface area contributed by atoms with Crippen molar-refractivity contribution in [3.8, 4) is 0 Å². The fourth-order valence-corrected chi connectivity index (χ4v) is 3.36. The second kappa shape index (κ2) is 5.37. The smallest absolute Gasteiger partial charge is 0.0392 e. The van der Waals surface area contributed by atoms with Gasteiger partial charge >= 0.3 is 0 Å². The number of pyridine rings is 1. The van der Waals surface area contributed by atoms with Gasteiger partial charge in [0.2, 0.25) is 0 Å². The molecule has 0 aromatic carbocycles. The molecule has 1 aliphatic heterocycles. The number of likely N-dealkylation sites (tertiary alicyclic amines) is 1. The summed E-state index contributed by atoms with van der Waals surface area (Å²) in [4.78, 5) is 6.87. The molecule has 1 aromatic heterocycles. The Hall–Kier alpha value is -0.930. The van der Waals surface area contributed by atoms with Gasteiger partial charge in [-0.3, -0.25) is 9.88 Å². The highest BCUT2D eigenvalue weighted by Crippen LogP contribution is 2.41. The highest BCUT2D eigenvalue weighted by Gasteiger charge is 2.38. The molecule has 2 fully saturated rings. The predicted octanol–water partition coefficient (Wildman–Crippen LogP) is 2.35. The quantitative estimate of drug-likeness (QED) is 0.889. The minimum atomic E-state index is 0.521. The predicted molar refractivity (Wildman–Crippen MR) is 73.1 cm³/mol. The highest BCUT2D eigenvalue weighted by atomic mass is 15.2. The zero-order chi connectivity index (χ0) is 12.4. The first-order valence-corrected chi connectivity index (χ1v) is 7.26. The Bertz CT molecular complexity index is 375. The Morgan fingerprint density at radius 3 is 2.61 bits per heavy atom. The molecule has 1 aromatic rings. The van der Waals surface area contributed by atoms with E-state index in [2.05, 4.69) is 22.0 Å². The Morgan fingerprint density at radius 1 is 1.17 bits per heavy atom. The van der Waals surface area contributed by atoms with Crippen molar-refractivity contribution < 1.29 is 0 Å². The molecule has 0 spiro atoms. The normalized spacial score (nSPS) is 30.1. The molecule has 1 saturated heterocycles. The zero-order valence-corrected chi connectivity index (χ0v) is 11.0. The minimum absolute atomic E-state index is 0.521. The molecule has 0 amide bonds. The molecule has 2 aliphatic rings. The molecule has 2 N–H and O–H groups in total. The lowest BCUT2D eigenvalue weighted by Crippen LogP contribution is -2.37. The van der Waals surface area contributed by atoms with Crippen LogP contribution < -0.4 is 5.73 Å². The average Bonchev–Trinajstić information content (AvgIpc) is 3.25. The van der Waals surface area contributed by atoms with Gasteiger partial charge in [0.25, 0.3) is 0 Å². The second-order valence-electron chi connectivity index (χ2n) is 5.69. The Morgan fingerprint density at radius 2 is 1.94 bits per heavy atom. The lowest BCUT2D eigenvalue weighted by molar-refractivity contribution is 0.149. The summed E-state index contributed by atoms with van der Waals surface area (Å²) in [6.45, 7) is 2.05. The summed E-state index contributed by atoms with van der Waals surface area (Å²) in [6.07, 6.45) is 10.5. The molecule has 2 atom stereocenters. The Labute approximate surface area is 109 Å². The molecule has 2 heterocycles. The number of aromatic nitrogens is 1. The molecule has 0 bridgehead atoms. The SMILES string of the molecule is NCC1CCCCN(C2CC2)C1c1ccncc1. The topological polar surface area (TPSA) is 42.1 Å². The summed E-state index contributed by atoms with van der Waals surface area (Å²) in [7, 11) is 0.